The third kappa shape index (κ3) is 9.21. The number of nitrogens with zero attached hydrogens (tertiary/aromatic N) is 2. The lowest BCUT2D eigenvalue weighted by Gasteiger charge is -2.52. The lowest BCUT2D eigenvalue weighted by molar-refractivity contribution is -0.180. The minimum atomic E-state index is -2.29. The zero-order chi connectivity index (χ0) is 33.4. The Morgan fingerprint density at radius 1 is 1.16 bits per heavy atom. The topological polar surface area (TPSA) is 112 Å². The fourth-order valence-corrected chi connectivity index (χ4v) is 8.24. The number of thiocarbonyl (C=S) groups is 1. The molecule has 10 nitrogen and oxygen atoms in total. The second kappa shape index (κ2) is 16.4. The van der Waals surface area contributed by atoms with Crippen molar-refractivity contribution in [2.75, 3.05) is 39.6 Å². The quantitative estimate of drug-likeness (QED) is 0.0479. The molecule has 0 aliphatic carbocycles. The predicted molar refractivity (Wildman–Crippen MR) is 175 cm³/mol. The highest BCUT2D eigenvalue weighted by Crippen LogP contribution is 2.43. The van der Waals surface area contributed by atoms with Crippen LogP contribution in [0.25, 0.3) is 0 Å². The predicted octanol–water partition coefficient (Wildman–Crippen LogP) is 4.93. The molecule has 3 amide bonds. The van der Waals surface area contributed by atoms with E-state index in [9.17, 15) is 23.6 Å². The van der Waals surface area contributed by atoms with Crippen molar-refractivity contribution in [3.63, 3.8) is 0 Å². The van der Waals surface area contributed by atoms with Gasteiger partial charge in [-0.3, -0.25) is 14.5 Å². The number of esters is 1. The molecule has 6 atom stereocenters. The monoisotopic (exact) mass is 674 g/mol. The van der Waals surface area contributed by atoms with E-state index in [4.69, 9.17) is 30.9 Å². The van der Waals surface area contributed by atoms with Gasteiger partial charge in [0.25, 0.3) is 0 Å². The molecule has 248 valence electrons. The fraction of sp³-hybridized carbons (Fsp3) is 0.700. The van der Waals surface area contributed by atoms with Crippen LogP contribution < -0.4 is 0 Å². The highest BCUT2D eigenvalue weighted by atomic mass is 32.2. The van der Waals surface area contributed by atoms with Gasteiger partial charge in [-0.05, 0) is 31.5 Å². The summed E-state index contributed by atoms with van der Waals surface area (Å²) in [5.74, 6) is -3.92. The molecule has 44 heavy (non-hydrogen) atoms. The average Bonchev–Trinajstić information content (AvgIpc) is 3.34. The Morgan fingerprint density at radius 3 is 2.34 bits per heavy atom. The Labute approximate surface area is 271 Å². The molecule has 0 radical (unpaired) electrons. The Bertz CT molecular complexity index is 1100. The van der Waals surface area contributed by atoms with Crippen LogP contribution in [0.3, 0.4) is 0 Å². The highest BCUT2D eigenvalue weighted by molar-refractivity contribution is 8.23. The van der Waals surface area contributed by atoms with Crippen molar-refractivity contribution in [2.24, 2.45) is 11.8 Å². The minimum absolute atomic E-state index is 0.0476. The molecule has 14 heteroatoms. The van der Waals surface area contributed by atoms with E-state index in [-0.39, 0.29) is 42.8 Å². The minimum Gasteiger partial charge on any atom is -0.454 e. The van der Waals surface area contributed by atoms with Gasteiger partial charge in [0.1, 0.15) is 19.9 Å². The van der Waals surface area contributed by atoms with E-state index in [0.29, 0.717) is 17.2 Å². The van der Waals surface area contributed by atoms with Gasteiger partial charge in [-0.2, -0.15) is 0 Å². The van der Waals surface area contributed by atoms with Crippen LogP contribution in [0.15, 0.2) is 25.3 Å². The number of halogens is 1. The third-order valence-electron chi connectivity index (χ3n) is 8.34. The van der Waals surface area contributed by atoms with Crippen molar-refractivity contribution in [1.29, 1.82) is 0 Å². The summed E-state index contributed by atoms with van der Waals surface area (Å²) >= 11 is 7.23. The smallest absolute Gasteiger partial charge is 0.410 e. The van der Waals surface area contributed by atoms with Crippen LogP contribution in [0.5, 0.6) is 0 Å². The van der Waals surface area contributed by atoms with Crippen LogP contribution in [-0.4, -0.2) is 109 Å². The molecule has 0 aromatic heterocycles. The molecule has 0 aromatic carbocycles. The Balaban J connectivity index is 2.28. The largest absolute Gasteiger partial charge is 0.454 e. The number of amides is 3. The first-order chi connectivity index (χ1) is 20.5. The summed E-state index contributed by atoms with van der Waals surface area (Å²) in [6.07, 6.45) is 2.26. The first kappa shape index (κ1) is 38.1. The van der Waals surface area contributed by atoms with Gasteiger partial charge in [0, 0.05) is 17.7 Å². The maximum atomic E-state index is 13.5. The Hall–Kier alpha value is -2.13. The van der Waals surface area contributed by atoms with Crippen LogP contribution in [0.2, 0.25) is 18.1 Å². The lowest BCUT2D eigenvalue weighted by atomic mass is 9.77. The van der Waals surface area contributed by atoms with Crippen molar-refractivity contribution >= 4 is 60.4 Å². The van der Waals surface area contributed by atoms with E-state index in [1.54, 1.807) is 4.90 Å². The van der Waals surface area contributed by atoms with Gasteiger partial charge in [0.15, 0.2) is 8.32 Å². The first-order valence-electron chi connectivity index (χ1n) is 14.7. The van der Waals surface area contributed by atoms with Crippen LogP contribution in [0.1, 0.15) is 41.0 Å². The first-order valence-corrected chi connectivity index (χ1v) is 18.9. The fourth-order valence-electron chi connectivity index (χ4n) is 5.03. The molecule has 2 aliphatic heterocycles. The van der Waals surface area contributed by atoms with E-state index in [1.165, 1.54) is 23.9 Å². The number of carbonyl (C=O) groups is 4. The molecule has 0 saturated carbocycles. The van der Waals surface area contributed by atoms with Crippen LogP contribution >= 0.6 is 24.0 Å². The summed E-state index contributed by atoms with van der Waals surface area (Å²) in [5, 5.41) is -0.257. The number of thioether (sulfide) groups is 1. The average molecular weight is 675 g/mol. The van der Waals surface area contributed by atoms with E-state index in [2.05, 4.69) is 47.0 Å². The van der Waals surface area contributed by atoms with Gasteiger partial charge in [0.05, 0.1) is 41.5 Å². The van der Waals surface area contributed by atoms with E-state index in [1.807, 2.05) is 13.8 Å². The van der Waals surface area contributed by atoms with Gasteiger partial charge in [0.2, 0.25) is 5.91 Å². The van der Waals surface area contributed by atoms with Gasteiger partial charge in [-0.1, -0.05) is 65.2 Å². The molecule has 0 bridgehead atoms. The molecule has 0 aromatic rings. The zero-order valence-electron chi connectivity index (χ0n) is 26.8. The second-order valence-electron chi connectivity index (χ2n) is 12.5. The number of β-lactam (4-membered cyclic amide) rings is 1. The molecule has 0 spiro atoms. The van der Waals surface area contributed by atoms with E-state index in [0.717, 1.165) is 4.90 Å². The lowest BCUT2D eigenvalue weighted by Crippen LogP contribution is -2.70. The summed E-state index contributed by atoms with van der Waals surface area (Å²) in [6.45, 7) is 20.8. The summed E-state index contributed by atoms with van der Waals surface area (Å²) in [5.41, 5.74) is 0. The van der Waals surface area contributed by atoms with Crippen molar-refractivity contribution in [1.82, 2.24) is 9.80 Å². The molecule has 0 unspecified atom stereocenters. The van der Waals surface area contributed by atoms with Crippen molar-refractivity contribution < 1.29 is 42.2 Å². The molecule has 0 N–H and O–H groups in total. The van der Waals surface area contributed by atoms with Crippen LogP contribution in [-0.2, 0) is 33.0 Å². The van der Waals surface area contributed by atoms with Crippen LogP contribution in [0, 0.1) is 11.8 Å². The number of hydrogen-bond acceptors (Lipinski definition) is 10. The third-order valence-corrected chi connectivity index (χ3v) is 14.9. The molecule has 2 heterocycles. The molecule has 2 rings (SSSR count). The Kier molecular flexibility index (Phi) is 14.2. The number of rotatable bonds is 14. The van der Waals surface area contributed by atoms with Gasteiger partial charge in [-0.25, -0.2) is 14.0 Å². The van der Waals surface area contributed by atoms with Crippen molar-refractivity contribution in [3.8, 4) is 0 Å². The highest BCUT2D eigenvalue weighted by Gasteiger charge is 2.58. The summed E-state index contributed by atoms with van der Waals surface area (Å²) in [6, 6.07) is -1.08. The van der Waals surface area contributed by atoms with E-state index >= 15 is 0 Å². The number of hydrogen-bond donors (Lipinski definition) is 0. The van der Waals surface area contributed by atoms with Crippen LogP contribution in [0.4, 0.5) is 9.18 Å². The Morgan fingerprint density at radius 2 is 1.77 bits per heavy atom. The normalized spacial score (nSPS) is 23.4. The van der Waals surface area contributed by atoms with Crippen molar-refractivity contribution in [3.05, 3.63) is 25.3 Å². The standard InChI is InChI=1S/C30H47FN2O8S2Si/c1-10-13-39-27(36)26(35)33-24(23(25(33)34)20(4)41-44(8,9)30(5,6)7)19(3)28(42)43-22-16-21(18-38-15-12-31)32(17-22)29(37)40-14-11-2/h10-11,19-24H,1-2,12-18H2,3-9H3/t19-,20+,21-,22-,23+,24+/m0/s1. The van der Waals surface area contributed by atoms with Gasteiger partial charge >= 0.3 is 18.0 Å². The number of imide groups is 1. The molecular formula is C30H47FN2O8S2Si. The maximum absolute atomic E-state index is 13.5. The molecule has 2 fully saturated rings. The SMILES string of the molecule is C=CCOC(=O)C(=O)N1C(=O)[C@H]([C@@H](C)O[Si](C)(C)C(C)(C)C)[C@H]1[C@H](C)C(=S)S[C@H]1C[C@@H](COCCF)N(C(=O)OCC=C)C1. The number of ether oxygens (including phenoxy) is 3. The maximum Gasteiger partial charge on any atom is 0.410 e. The zero-order valence-corrected chi connectivity index (χ0v) is 29.5. The van der Waals surface area contributed by atoms with Gasteiger partial charge in [-0.15, -0.1) is 11.8 Å². The number of carbonyl (C=O) groups excluding carboxylic acids is 4. The molecule has 2 saturated heterocycles. The number of alkyl halides is 1. The summed E-state index contributed by atoms with van der Waals surface area (Å²) < 4.78 is 35.3. The second-order valence-corrected chi connectivity index (χ2v) is 19.3. The number of likely N-dealkylation sites (tertiary alicyclic amines) is 2. The summed E-state index contributed by atoms with van der Waals surface area (Å²) in [4.78, 5) is 54.3. The summed E-state index contributed by atoms with van der Waals surface area (Å²) in [7, 11) is -2.29. The van der Waals surface area contributed by atoms with Gasteiger partial charge < -0.3 is 23.5 Å². The molecular weight excluding hydrogens is 628 g/mol. The van der Waals surface area contributed by atoms with Crippen molar-refractivity contribution in [2.45, 2.75) is 82.6 Å². The molecule has 2 aliphatic rings. The van der Waals surface area contributed by atoms with E-state index < -0.39 is 62.9 Å².